The zero-order valence-corrected chi connectivity index (χ0v) is 7.99. The maximum Gasteiger partial charge on any atom is 0.0992 e. The summed E-state index contributed by atoms with van der Waals surface area (Å²) in [6.07, 6.45) is 0.455. The number of nitrogens with zero attached hydrogens (tertiary/aromatic N) is 2. The van der Waals surface area contributed by atoms with Crippen molar-refractivity contribution in [2.75, 3.05) is 5.32 Å². The highest BCUT2D eigenvalue weighted by Gasteiger charge is 2.00. The van der Waals surface area contributed by atoms with E-state index in [1.807, 2.05) is 19.1 Å². The van der Waals surface area contributed by atoms with Crippen molar-refractivity contribution >= 4 is 5.69 Å². The fourth-order valence-electron chi connectivity index (χ4n) is 1.15. The highest BCUT2D eigenvalue weighted by Crippen LogP contribution is 2.11. The van der Waals surface area contributed by atoms with Gasteiger partial charge >= 0.3 is 0 Å². The van der Waals surface area contributed by atoms with Crippen LogP contribution in [0.15, 0.2) is 24.3 Å². The van der Waals surface area contributed by atoms with Crippen molar-refractivity contribution in [3.8, 4) is 12.1 Å². The van der Waals surface area contributed by atoms with Crippen molar-refractivity contribution in [3.63, 3.8) is 0 Å². The summed E-state index contributed by atoms with van der Waals surface area (Å²) in [7, 11) is 0. The van der Waals surface area contributed by atoms with E-state index < -0.39 is 0 Å². The lowest BCUT2D eigenvalue weighted by Gasteiger charge is -2.11. The Morgan fingerprint density at radius 1 is 1.43 bits per heavy atom. The molecule has 1 aromatic carbocycles. The average molecular weight is 185 g/mol. The normalized spacial score (nSPS) is 11.1. The smallest absolute Gasteiger partial charge is 0.0992 e. The van der Waals surface area contributed by atoms with Crippen LogP contribution in [0.25, 0.3) is 0 Å². The predicted molar refractivity (Wildman–Crippen MR) is 54.5 cm³/mol. The molecule has 3 nitrogen and oxygen atoms in total. The van der Waals surface area contributed by atoms with Crippen LogP contribution in [0.1, 0.15) is 18.9 Å². The number of rotatable bonds is 3. The second kappa shape index (κ2) is 4.89. The van der Waals surface area contributed by atoms with Crippen LogP contribution in [-0.4, -0.2) is 6.04 Å². The Bertz CT molecular complexity index is 384. The van der Waals surface area contributed by atoms with Crippen molar-refractivity contribution in [3.05, 3.63) is 29.8 Å². The lowest BCUT2D eigenvalue weighted by molar-refractivity contribution is 0.821. The van der Waals surface area contributed by atoms with Gasteiger partial charge in [0.2, 0.25) is 0 Å². The van der Waals surface area contributed by atoms with Crippen LogP contribution in [-0.2, 0) is 0 Å². The molecule has 0 saturated carbocycles. The van der Waals surface area contributed by atoms with E-state index in [4.69, 9.17) is 10.5 Å². The summed E-state index contributed by atoms with van der Waals surface area (Å²) >= 11 is 0. The number of hydrogen-bond acceptors (Lipinski definition) is 3. The molecule has 0 aromatic heterocycles. The van der Waals surface area contributed by atoms with Crippen LogP contribution in [0.2, 0.25) is 0 Å². The molecule has 1 rings (SSSR count). The standard InChI is InChI=1S/C11H11N3/c1-9(5-6-12)14-11-4-2-3-10(7-11)8-13/h2-4,7,9,14H,5H2,1H3. The first kappa shape index (κ1) is 10.1. The molecule has 0 aliphatic carbocycles. The maximum atomic E-state index is 8.67. The minimum absolute atomic E-state index is 0.106. The van der Waals surface area contributed by atoms with E-state index in [0.717, 1.165) is 5.69 Å². The van der Waals surface area contributed by atoms with Crippen molar-refractivity contribution in [1.29, 1.82) is 10.5 Å². The number of hydrogen-bond donors (Lipinski definition) is 1. The minimum Gasteiger partial charge on any atom is -0.382 e. The van der Waals surface area contributed by atoms with E-state index >= 15 is 0 Å². The second-order valence-corrected chi connectivity index (χ2v) is 3.10. The van der Waals surface area contributed by atoms with E-state index in [-0.39, 0.29) is 6.04 Å². The molecule has 1 unspecified atom stereocenters. The predicted octanol–water partition coefficient (Wildman–Crippen LogP) is 2.27. The van der Waals surface area contributed by atoms with Crippen LogP contribution in [0.5, 0.6) is 0 Å². The van der Waals surface area contributed by atoms with Crippen molar-refractivity contribution < 1.29 is 0 Å². The minimum atomic E-state index is 0.106. The van der Waals surface area contributed by atoms with Gasteiger partial charge in [-0.3, -0.25) is 0 Å². The molecule has 0 heterocycles. The Hall–Kier alpha value is -2.00. The van der Waals surface area contributed by atoms with E-state index in [1.54, 1.807) is 12.1 Å². The monoisotopic (exact) mass is 185 g/mol. The largest absolute Gasteiger partial charge is 0.382 e. The number of benzene rings is 1. The van der Waals surface area contributed by atoms with Gasteiger partial charge in [0.25, 0.3) is 0 Å². The van der Waals surface area contributed by atoms with Gasteiger partial charge in [0, 0.05) is 11.7 Å². The molecule has 0 fully saturated rings. The first-order chi connectivity index (χ1) is 6.76. The van der Waals surface area contributed by atoms with Gasteiger partial charge in [0.1, 0.15) is 0 Å². The Morgan fingerprint density at radius 3 is 2.86 bits per heavy atom. The average Bonchev–Trinajstić information content (AvgIpc) is 2.18. The molecule has 0 spiro atoms. The highest BCUT2D eigenvalue weighted by atomic mass is 14.9. The summed E-state index contributed by atoms with van der Waals surface area (Å²) in [5.74, 6) is 0. The highest BCUT2D eigenvalue weighted by molar-refractivity contribution is 5.49. The van der Waals surface area contributed by atoms with Gasteiger partial charge in [-0.1, -0.05) is 6.07 Å². The lowest BCUT2D eigenvalue weighted by Crippen LogP contribution is -2.13. The molecular formula is C11H11N3. The summed E-state index contributed by atoms with van der Waals surface area (Å²) < 4.78 is 0. The van der Waals surface area contributed by atoms with Gasteiger partial charge in [-0.25, -0.2) is 0 Å². The van der Waals surface area contributed by atoms with Crippen LogP contribution in [0.4, 0.5) is 5.69 Å². The van der Waals surface area contributed by atoms with Gasteiger partial charge in [0.05, 0.1) is 24.1 Å². The molecule has 70 valence electrons. The number of nitriles is 2. The molecular weight excluding hydrogens is 174 g/mol. The Labute approximate surface area is 83.6 Å². The molecule has 1 atom stereocenters. The van der Waals surface area contributed by atoms with Gasteiger partial charge in [-0.15, -0.1) is 0 Å². The summed E-state index contributed by atoms with van der Waals surface area (Å²) in [6, 6.07) is 11.5. The zero-order chi connectivity index (χ0) is 10.4. The summed E-state index contributed by atoms with van der Waals surface area (Å²) in [5.41, 5.74) is 1.51. The van der Waals surface area contributed by atoms with Gasteiger partial charge in [0.15, 0.2) is 0 Å². The molecule has 1 N–H and O–H groups in total. The lowest BCUT2D eigenvalue weighted by atomic mass is 10.2. The molecule has 0 aliphatic rings. The Morgan fingerprint density at radius 2 is 2.21 bits per heavy atom. The third-order valence-electron chi connectivity index (χ3n) is 1.80. The number of nitrogens with one attached hydrogen (secondary N) is 1. The molecule has 3 heteroatoms. The van der Waals surface area contributed by atoms with Crippen LogP contribution >= 0.6 is 0 Å². The van der Waals surface area contributed by atoms with Gasteiger partial charge < -0.3 is 5.32 Å². The van der Waals surface area contributed by atoms with Gasteiger partial charge in [-0.05, 0) is 25.1 Å². The molecule has 0 amide bonds. The second-order valence-electron chi connectivity index (χ2n) is 3.10. The Balaban J connectivity index is 2.69. The molecule has 0 aliphatic heterocycles. The van der Waals surface area contributed by atoms with E-state index in [0.29, 0.717) is 12.0 Å². The van der Waals surface area contributed by atoms with Crippen LogP contribution in [0.3, 0.4) is 0 Å². The van der Waals surface area contributed by atoms with E-state index in [1.165, 1.54) is 0 Å². The van der Waals surface area contributed by atoms with Crippen molar-refractivity contribution in [2.24, 2.45) is 0 Å². The van der Waals surface area contributed by atoms with Gasteiger partial charge in [-0.2, -0.15) is 10.5 Å². The molecule has 0 saturated heterocycles. The third kappa shape index (κ3) is 2.80. The fraction of sp³-hybridized carbons (Fsp3) is 0.273. The molecule has 0 bridgehead atoms. The van der Waals surface area contributed by atoms with Crippen LogP contribution in [0, 0.1) is 22.7 Å². The number of anilines is 1. The van der Waals surface area contributed by atoms with Crippen molar-refractivity contribution in [2.45, 2.75) is 19.4 Å². The first-order valence-corrected chi connectivity index (χ1v) is 4.40. The fourth-order valence-corrected chi connectivity index (χ4v) is 1.15. The van der Waals surface area contributed by atoms with E-state index in [2.05, 4.69) is 17.5 Å². The molecule has 0 radical (unpaired) electrons. The summed E-state index contributed by atoms with van der Waals surface area (Å²) in [5, 5.41) is 20.3. The Kier molecular flexibility index (Phi) is 3.52. The zero-order valence-electron chi connectivity index (χ0n) is 7.99. The SMILES string of the molecule is CC(CC#N)Nc1cccc(C#N)c1. The summed E-state index contributed by atoms with van der Waals surface area (Å²) in [6.45, 7) is 1.93. The molecule has 1 aromatic rings. The summed E-state index contributed by atoms with van der Waals surface area (Å²) in [4.78, 5) is 0. The quantitative estimate of drug-likeness (QED) is 0.785. The van der Waals surface area contributed by atoms with Crippen LogP contribution < -0.4 is 5.32 Å². The molecule has 14 heavy (non-hydrogen) atoms. The van der Waals surface area contributed by atoms with Crippen molar-refractivity contribution in [1.82, 2.24) is 0 Å². The topological polar surface area (TPSA) is 59.6 Å². The third-order valence-corrected chi connectivity index (χ3v) is 1.80. The van der Waals surface area contributed by atoms with E-state index in [9.17, 15) is 0 Å². The maximum absolute atomic E-state index is 8.67. The first-order valence-electron chi connectivity index (χ1n) is 4.40.